The molecule has 2 aromatic carbocycles. The normalized spacial score (nSPS) is 16.5. The van der Waals surface area contributed by atoms with Crippen LogP contribution in [0.2, 0.25) is 0 Å². The Morgan fingerprint density at radius 3 is 2.81 bits per heavy atom. The minimum absolute atomic E-state index is 0.0844. The highest BCUT2D eigenvalue weighted by atomic mass is 32.2. The molecule has 1 amide bonds. The van der Waals surface area contributed by atoms with Gasteiger partial charge >= 0.3 is 0 Å². The van der Waals surface area contributed by atoms with Crippen LogP contribution in [0.15, 0.2) is 54.9 Å². The van der Waals surface area contributed by atoms with Gasteiger partial charge in [-0.2, -0.15) is 0 Å². The second-order valence-corrected chi connectivity index (χ2v) is 6.97. The van der Waals surface area contributed by atoms with E-state index in [1.54, 1.807) is 31.6 Å². The monoisotopic (exact) mass is 367 g/mol. The number of benzene rings is 2. The van der Waals surface area contributed by atoms with Gasteiger partial charge in [0.15, 0.2) is 5.82 Å². The highest BCUT2D eigenvalue weighted by molar-refractivity contribution is 8.00. The smallest absolute Gasteiger partial charge is 0.235 e. The second-order valence-electron chi connectivity index (χ2n) is 5.88. The first-order chi connectivity index (χ1) is 12.7. The summed E-state index contributed by atoms with van der Waals surface area (Å²) < 4.78 is 7.18. The number of fused-ring (bicyclic) bond motifs is 1. The van der Waals surface area contributed by atoms with E-state index in [9.17, 15) is 9.90 Å². The summed E-state index contributed by atoms with van der Waals surface area (Å²) in [7, 11) is 1.63. The number of methoxy groups -OCH3 is 1. The molecule has 0 radical (unpaired) electrons. The number of phenolic OH excluding ortho intramolecular Hbond substituents is 1. The molecule has 2 heterocycles. The number of ether oxygens (including phenoxy) is 1. The third-order valence-electron chi connectivity index (χ3n) is 4.22. The number of amides is 1. The fraction of sp³-hybridized carbons (Fsp3) is 0.158. The molecule has 0 aliphatic carbocycles. The standard InChI is InChI=1S/C19H17N3O3S/c1-25-15-7-5-13(6-8-15)22-11-20-19-17(22)18(26-10-16(24)21-19)12-3-2-4-14(23)9-12/h2-9,11,18,23H,10H2,1H3,(H,21,24). The van der Waals surface area contributed by atoms with Gasteiger partial charge in [0, 0.05) is 5.69 Å². The minimum atomic E-state index is -0.138. The van der Waals surface area contributed by atoms with E-state index < -0.39 is 0 Å². The van der Waals surface area contributed by atoms with Gasteiger partial charge in [0.25, 0.3) is 0 Å². The Bertz CT molecular complexity index is 953. The number of imidazole rings is 1. The van der Waals surface area contributed by atoms with Crippen LogP contribution in [0.5, 0.6) is 11.5 Å². The number of carbonyl (C=O) groups is 1. The fourth-order valence-corrected chi connectivity index (χ4v) is 4.11. The lowest BCUT2D eigenvalue weighted by Crippen LogP contribution is -2.12. The van der Waals surface area contributed by atoms with Crippen molar-refractivity contribution in [2.45, 2.75) is 5.25 Å². The van der Waals surface area contributed by atoms with Crippen molar-refractivity contribution in [1.82, 2.24) is 9.55 Å². The van der Waals surface area contributed by atoms with Gasteiger partial charge < -0.3 is 15.2 Å². The number of thioether (sulfide) groups is 1. The van der Waals surface area contributed by atoms with Crippen molar-refractivity contribution < 1.29 is 14.6 Å². The molecule has 3 aromatic rings. The lowest BCUT2D eigenvalue weighted by atomic mass is 10.1. The number of carbonyl (C=O) groups excluding carboxylic acids is 1. The predicted molar refractivity (Wildman–Crippen MR) is 101 cm³/mol. The maximum atomic E-state index is 12.1. The second kappa shape index (κ2) is 6.76. The molecule has 26 heavy (non-hydrogen) atoms. The Kier molecular flexibility index (Phi) is 4.30. The summed E-state index contributed by atoms with van der Waals surface area (Å²) in [5, 5.41) is 12.6. The lowest BCUT2D eigenvalue weighted by molar-refractivity contribution is -0.113. The Hall–Kier alpha value is -2.93. The van der Waals surface area contributed by atoms with Crippen LogP contribution in [0, 0.1) is 0 Å². The van der Waals surface area contributed by atoms with Crippen LogP contribution in [-0.4, -0.2) is 33.4 Å². The fourth-order valence-electron chi connectivity index (χ4n) is 3.00. The molecule has 0 bridgehead atoms. The molecule has 7 heteroatoms. The number of nitrogens with zero attached hydrogens (tertiary/aromatic N) is 2. The van der Waals surface area contributed by atoms with Crippen molar-refractivity contribution in [1.29, 1.82) is 0 Å². The van der Waals surface area contributed by atoms with Crippen LogP contribution in [0.25, 0.3) is 5.69 Å². The number of anilines is 1. The van der Waals surface area contributed by atoms with E-state index in [0.29, 0.717) is 11.6 Å². The Morgan fingerprint density at radius 1 is 1.27 bits per heavy atom. The average molecular weight is 367 g/mol. The molecule has 2 N–H and O–H groups in total. The van der Waals surface area contributed by atoms with Crippen molar-refractivity contribution in [2.24, 2.45) is 0 Å². The van der Waals surface area contributed by atoms with E-state index in [1.807, 2.05) is 34.9 Å². The van der Waals surface area contributed by atoms with E-state index in [-0.39, 0.29) is 16.9 Å². The van der Waals surface area contributed by atoms with Gasteiger partial charge in [-0.15, -0.1) is 11.8 Å². The molecule has 0 saturated carbocycles. The van der Waals surface area contributed by atoms with Gasteiger partial charge in [0.05, 0.1) is 23.8 Å². The molecular weight excluding hydrogens is 350 g/mol. The molecule has 0 saturated heterocycles. The van der Waals surface area contributed by atoms with Gasteiger partial charge in [-0.1, -0.05) is 12.1 Å². The SMILES string of the molecule is COc1ccc(-n2cnc3c2C(c2cccc(O)c2)SCC(=O)N3)cc1. The molecular formula is C19H17N3O3S. The number of aromatic nitrogens is 2. The van der Waals surface area contributed by atoms with Gasteiger partial charge in [0.1, 0.15) is 17.8 Å². The summed E-state index contributed by atoms with van der Waals surface area (Å²) in [5.74, 6) is 1.75. The average Bonchev–Trinajstić information content (AvgIpc) is 2.97. The van der Waals surface area contributed by atoms with Crippen LogP contribution in [0.4, 0.5) is 5.82 Å². The third kappa shape index (κ3) is 3.01. The number of aromatic hydroxyl groups is 1. The maximum absolute atomic E-state index is 12.1. The zero-order chi connectivity index (χ0) is 18.1. The van der Waals surface area contributed by atoms with Crippen LogP contribution in [0.3, 0.4) is 0 Å². The molecule has 1 aliphatic heterocycles. The molecule has 1 unspecified atom stereocenters. The van der Waals surface area contributed by atoms with E-state index in [2.05, 4.69) is 10.3 Å². The van der Waals surface area contributed by atoms with Gasteiger partial charge in [-0.3, -0.25) is 9.36 Å². The van der Waals surface area contributed by atoms with E-state index in [4.69, 9.17) is 4.74 Å². The minimum Gasteiger partial charge on any atom is -0.508 e. The van der Waals surface area contributed by atoms with E-state index in [1.165, 1.54) is 11.8 Å². The summed E-state index contributed by atoms with van der Waals surface area (Å²) in [5.41, 5.74) is 2.71. The summed E-state index contributed by atoms with van der Waals surface area (Å²) in [6, 6.07) is 14.8. The quantitative estimate of drug-likeness (QED) is 0.742. The predicted octanol–water partition coefficient (Wildman–Crippen LogP) is 3.36. The van der Waals surface area contributed by atoms with Gasteiger partial charge in [-0.05, 0) is 42.0 Å². The highest BCUT2D eigenvalue weighted by Gasteiger charge is 2.29. The number of hydrogen-bond acceptors (Lipinski definition) is 5. The van der Waals surface area contributed by atoms with Crippen molar-refractivity contribution >= 4 is 23.5 Å². The van der Waals surface area contributed by atoms with Crippen LogP contribution >= 0.6 is 11.8 Å². The molecule has 1 atom stereocenters. The highest BCUT2D eigenvalue weighted by Crippen LogP contribution is 2.42. The van der Waals surface area contributed by atoms with Crippen LogP contribution < -0.4 is 10.1 Å². The van der Waals surface area contributed by atoms with Crippen molar-refractivity contribution in [2.75, 3.05) is 18.2 Å². The first kappa shape index (κ1) is 16.5. The molecule has 6 nitrogen and oxygen atoms in total. The van der Waals surface area contributed by atoms with E-state index in [0.717, 1.165) is 22.7 Å². The first-order valence-electron chi connectivity index (χ1n) is 8.08. The van der Waals surface area contributed by atoms with Gasteiger partial charge in [0.2, 0.25) is 5.91 Å². The largest absolute Gasteiger partial charge is 0.508 e. The van der Waals surface area contributed by atoms with Crippen molar-refractivity contribution in [3.05, 3.63) is 66.1 Å². The number of hydrogen-bond donors (Lipinski definition) is 2. The van der Waals surface area contributed by atoms with E-state index >= 15 is 0 Å². The molecule has 1 aromatic heterocycles. The molecule has 0 fully saturated rings. The summed E-state index contributed by atoms with van der Waals surface area (Å²) >= 11 is 1.51. The first-order valence-corrected chi connectivity index (χ1v) is 9.12. The summed E-state index contributed by atoms with van der Waals surface area (Å²) in [6.45, 7) is 0. The lowest BCUT2D eigenvalue weighted by Gasteiger charge is -2.18. The molecule has 4 rings (SSSR count). The maximum Gasteiger partial charge on any atom is 0.235 e. The van der Waals surface area contributed by atoms with Crippen molar-refractivity contribution in [3.8, 4) is 17.2 Å². The summed E-state index contributed by atoms with van der Waals surface area (Å²) in [4.78, 5) is 16.5. The van der Waals surface area contributed by atoms with Crippen molar-refractivity contribution in [3.63, 3.8) is 0 Å². The number of rotatable bonds is 3. The molecule has 0 spiro atoms. The number of phenols is 1. The Morgan fingerprint density at radius 2 is 2.08 bits per heavy atom. The number of nitrogens with one attached hydrogen (secondary N) is 1. The molecule has 132 valence electrons. The zero-order valence-electron chi connectivity index (χ0n) is 14.0. The van der Waals surface area contributed by atoms with Crippen LogP contribution in [0.1, 0.15) is 16.5 Å². The van der Waals surface area contributed by atoms with Gasteiger partial charge in [-0.25, -0.2) is 4.98 Å². The Balaban J connectivity index is 1.85. The molecule has 1 aliphatic rings. The Labute approximate surface area is 154 Å². The third-order valence-corrected chi connectivity index (χ3v) is 5.47. The van der Waals surface area contributed by atoms with Crippen LogP contribution in [-0.2, 0) is 4.79 Å². The summed E-state index contributed by atoms with van der Waals surface area (Å²) in [6.07, 6.45) is 1.70. The zero-order valence-corrected chi connectivity index (χ0v) is 14.9. The topological polar surface area (TPSA) is 76.4 Å².